The van der Waals surface area contributed by atoms with Crippen molar-refractivity contribution in [3.63, 3.8) is 0 Å². The van der Waals surface area contributed by atoms with Gasteiger partial charge in [-0.3, -0.25) is 9.89 Å². The molecule has 1 atom stereocenters. The van der Waals surface area contributed by atoms with E-state index in [0.717, 1.165) is 32.7 Å². The smallest absolute Gasteiger partial charge is 0.387 e. The molecule has 1 aromatic carbocycles. The Balaban J connectivity index is 1.60. The van der Waals surface area contributed by atoms with Gasteiger partial charge in [-0.1, -0.05) is 13.8 Å². The number of aliphatic imine (C=N–C) groups is 1. The van der Waals surface area contributed by atoms with Crippen molar-refractivity contribution < 1.29 is 23.0 Å². The van der Waals surface area contributed by atoms with Crippen molar-refractivity contribution in [1.82, 2.24) is 20.4 Å². The Morgan fingerprint density at radius 3 is 2.42 bits per heavy atom. The Morgan fingerprint density at radius 2 is 1.81 bits per heavy atom. The van der Waals surface area contributed by atoms with Crippen LogP contribution in [0.3, 0.4) is 0 Å². The van der Waals surface area contributed by atoms with Crippen LogP contribution in [0.5, 0.6) is 17.2 Å². The van der Waals surface area contributed by atoms with Gasteiger partial charge in [-0.05, 0) is 19.0 Å². The van der Waals surface area contributed by atoms with Gasteiger partial charge in [0.15, 0.2) is 17.5 Å². The highest BCUT2D eigenvalue weighted by Crippen LogP contribution is 2.38. The number of alkyl halides is 2. The average Bonchev–Trinajstić information content (AvgIpc) is 3.18. The van der Waals surface area contributed by atoms with Gasteiger partial charge in [-0.15, -0.1) is 0 Å². The number of likely N-dealkylation sites (N-methyl/N-ethyl adjacent to an activating group) is 1. The Hall–Kier alpha value is -2.33. The quantitative estimate of drug-likeness (QED) is 0.472. The maximum Gasteiger partial charge on any atom is 0.387 e. The highest BCUT2D eigenvalue weighted by atomic mass is 19.3. The summed E-state index contributed by atoms with van der Waals surface area (Å²) in [6, 6.07) is 3.46. The lowest BCUT2D eigenvalue weighted by Crippen LogP contribution is -2.55. The predicted octanol–water partition coefficient (Wildman–Crippen LogP) is 1.95. The molecular formula is C21H33F2N5O3. The van der Waals surface area contributed by atoms with E-state index in [1.165, 1.54) is 6.07 Å². The third-order valence-corrected chi connectivity index (χ3v) is 5.70. The van der Waals surface area contributed by atoms with Crippen LogP contribution in [0.1, 0.15) is 19.4 Å². The standard InChI is InChI=1S/C21H33F2N5O3/c1-14(2)16(28-7-5-27(4)6-8-28)12-26-21(24-3)25-11-15-9-18-19(30-13-29-18)10-17(15)31-20(22)23/h9-10,14,16,20H,5-8,11-13H2,1-4H3,(H2,24,25,26). The van der Waals surface area contributed by atoms with Crippen molar-refractivity contribution in [3.8, 4) is 17.2 Å². The van der Waals surface area contributed by atoms with Gasteiger partial charge in [-0.25, -0.2) is 0 Å². The van der Waals surface area contributed by atoms with Crippen LogP contribution in [-0.4, -0.2) is 82.0 Å². The summed E-state index contributed by atoms with van der Waals surface area (Å²) in [6.07, 6.45) is 0. The van der Waals surface area contributed by atoms with Crippen LogP contribution in [0.25, 0.3) is 0 Å². The molecule has 174 valence electrons. The van der Waals surface area contributed by atoms with Gasteiger partial charge in [0, 0.05) is 64.0 Å². The van der Waals surface area contributed by atoms with E-state index in [2.05, 4.69) is 51.1 Å². The lowest BCUT2D eigenvalue weighted by Gasteiger charge is -2.40. The zero-order valence-corrected chi connectivity index (χ0v) is 18.7. The minimum atomic E-state index is -2.92. The summed E-state index contributed by atoms with van der Waals surface area (Å²) in [7, 11) is 3.83. The first-order valence-corrected chi connectivity index (χ1v) is 10.6. The number of piperazine rings is 1. The number of nitrogens with zero attached hydrogens (tertiary/aromatic N) is 3. The van der Waals surface area contributed by atoms with Gasteiger partial charge in [0.1, 0.15) is 5.75 Å². The largest absolute Gasteiger partial charge is 0.454 e. The summed E-state index contributed by atoms with van der Waals surface area (Å²) in [5.74, 6) is 2.04. The molecule has 1 fully saturated rings. The van der Waals surface area contributed by atoms with Gasteiger partial charge in [0.2, 0.25) is 6.79 Å². The van der Waals surface area contributed by atoms with E-state index >= 15 is 0 Å². The first-order valence-electron chi connectivity index (χ1n) is 10.6. The lowest BCUT2D eigenvalue weighted by molar-refractivity contribution is -0.0505. The van der Waals surface area contributed by atoms with Crippen LogP contribution in [0.4, 0.5) is 8.78 Å². The van der Waals surface area contributed by atoms with Crippen molar-refractivity contribution in [1.29, 1.82) is 0 Å². The molecular weight excluding hydrogens is 408 g/mol. The Kier molecular flexibility index (Phi) is 8.14. The molecule has 8 nitrogen and oxygen atoms in total. The van der Waals surface area contributed by atoms with Crippen molar-refractivity contribution in [2.75, 3.05) is 53.6 Å². The number of fused-ring (bicyclic) bond motifs is 1. The van der Waals surface area contributed by atoms with Crippen molar-refractivity contribution in [2.45, 2.75) is 33.0 Å². The molecule has 1 unspecified atom stereocenters. The fourth-order valence-electron chi connectivity index (χ4n) is 3.85. The van der Waals surface area contributed by atoms with E-state index in [1.54, 1.807) is 13.1 Å². The second-order valence-electron chi connectivity index (χ2n) is 8.15. The van der Waals surface area contributed by atoms with Crippen molar-refractivity contribution in [2.24, 2.45) is 10.9 Å². The van der Waals surface area contributed by atoms with Gasteiger partial charge < -0.3 is 29.7 Å². The molecule has 31 heavy (non-hydrogen) atoms. The monoisotopic (exact) mass is 441 g/mol. The van der Waals surface area contributed by atoms with Crippen molar-refractivity contribution in [3.05, 3.63) is 17.7 Å². The molecule has 2 heterocycles. The molecule has 10 heteroatoms. The highest BCUT2D eigenvalue weighted by molar-refractivity contribution is 5.79. The van der Waals surface area contributed by atoms with Gasteiger partial charge in [-0.2, -0.15) is 8.78 Å². The highest BCUT2D eigenvalue weighted by Gasteiger charge is 2.25. The third kappa shape index (κ3) is 6.33. The average molecular weight is 442 g/mol. The molecule has 1 aromatic rings. The number of nitrogens with one attached hydrogen (secondary N) is 2. The van der Waals surface area contributed by atoms with E-state index < -0.39 is 6.61 Å². The van der Waals surface area contributed by atoms with Crippen LogP contribution in [0, 0.1) is 5.92 Å². The molecule has 2 aliphatic heterocycles. The summed E-state index contributed by atoms with van der Waals surface area (Å²) in [6.45, 7) is 6.78. The summed E-state index contributed by atoms with van der Waals surface area (Å²) < 4.78 is 41.0. The predicted molar refractivity (Wildman–Crippen MR) is 115 cm³/mol. The number of halogens is 2. The van der Waals surface area contributed by atoms with Gasteiger partial charge in [0.25, 0.3) is 0 Å². The fourth-order valence-corrected chi connectivity index (χ4v) is 3.85. The van der Waals surface area contributed by atoms with Gasteiger partial charge >= 0.3 is 6.61 Å². The van der Waals surface area contributed by atoms with Crippen LogP contribution >= 0.6 is 0 Å². The van der Waals surface area contributed by atoms with Crippen LogP contribution < -0.4 is 24.8 Å². The van der Waals surface area contributed by atoms with E-state index in [4.69, 9.17) is 9.47 Å². The Labute approximate surface area is 182 Å². The molecule has 0 aromatic heterocycles. The molecule has 0 bridgehead atoms. The van der Waals surface area contributed by atoms with E-state index in [0.29, 0.717) is 35.0 Å². The summed E-state index contributed by atoms with van der Waals surface area (Å²) in [5, 5.41) is 6.57. The number of guanidine groups is 1. The number of hydrogen-bond donors (Lipinski definition) is 2. The van der Waals surface area contributed by atoms with Gasteiger partial charge in [0.05, 0.1) is 0 Å². The third-order valence-electron chi connectivity index (χ3n) is 5.70. The van der Waals surface area contributed by atoms with E-state index in [9.17, 15) is 8.78 Å². The molecule has 0 radical (unpaired) electrons. The van der Waals surface area contributed by atoms with E-state index in [1.807, 2.05) is 0 Å². The zero-order chi connectivity index (χ0) is 22.4. The second-order valence-corrected chi connectivity index (χ2v) is 8.15. The topological polar surface area (TPSA) is 70.6 Å². The molecule has 1 saturated heterocycles. The lowest BCUT2D eigenvalue weighted by atomic mass is 10.0. The number of hydrogen-bond acceptors (Lipinski definition) is 6. The Morgan fingerprint density at radius 1 is 1.13 bits per heavy atom. The molecule has 2 N–H and O–H groups in total. The SMILES string of the molecule is CN=C(NCc1cc2c(cc1OC(F)F)OCO2)NCC(C(C)C)N1CCN(C)CC1. The zero-order valence-electron chi connectivity index (χ0n) is 18.7. The minimum absolute atomic E-state index is 0.0553. The molecule has 3 rings (SSSR count). The van der Waals surface area contributed by atoms with E-state index in [-0.39, 0.29) is 19.1 Å². The second kappa shape index (κ2) is 10.8. The van der Waals surface area contributed by atoms with Crippen molar-refractivity contribution >= 4 is 5.96 Å². The number of benzene rings is 1. The summed E-state index contributed by atoms with van der Waals surface area (Å²) >= 11 is 0. The maximum absolute atomic E-state index is 12.8. The minimum Gasteiger partial charge on any atom is -0.454 e. The fraction of sp³-hybridized carbons (Fsp3) is 0.667. The number of rotatable bonds is 8. The normalized spacial score (nSPS) is 18.5. The number of ether oxygens (including phenoxy) is 3. The molecule has 0 amide bonds. The summed E-state index contributed by atoms with van der Waals surface area (Å²) in [4.78, 5) is 9.13. The first kappa shape index (κ1) is 23.3. The molecule has 0 aliphatic carbocycles. The Bertz CT molecular complexity index is 755. The molecule has 2 aliphatic rings. The van der Waals surface area contributed by atoms with Crippen LogP contribution in [0.2, 0.25) is 0 Å². The summed E-state index contributed by atoms with van der Waals surface area (Å²) in [5.41, 5.74) is 0.534. The maximum atomic E-state index is 12.8. The van der Waals surface area contributed by atoms with Crippen LogP contribution in [0.15, 0.2) is 17.1 Å². The molecule has 0 saturated carbocycles. The molecule has 0 spiro atoms. The first-order chi connectivity index (χ1) is 14.9. The van der Waals surface area contributed by atoms with Crippen LogP contribution in [-0.2, 0) is 6.54 Å².